The van der Waals surface area contributed by atoms with Gasteiger partial charge in [-0.05, 0) is 6.92 Å². The first-order chi connectivity index (χ1) is 6.56. The van der Waals surface area contributed by atoms with E-state index in [0.29, 0.717) is 6.54 Å². The smallest absolute Gasteiger partial charge is 0.353 e. The molecule has 6 heteroatoms. The summed E-state index contributed by atoms with van der Waals surface area (Å²) in [4.78, 5) is 28.1. The number of aliphatic carboxylic acids is 1. The molecule has 1 aliphatic rings. The fourth-order valence-electron chi connectivity index (χ4n) is 1.04. The van der Waals surface area contributed by atoms with Gasteiger partial charge in [0, 0.05) is 20.0 Å². The molecule has 1 atom stereocenters. The van der Waals surface area contributed by atoms with Crippen molar-refractivity contribution in [3.8, 4) is 0 Å². The summed E-state index contributed by atoms with van der Waals surface area (Å²) in [6, 6.07) is 0. The number of carboxylic acid groups (broad SMARTS) is 1. The minimum atomic E-state index is -1.14. The van der Waals surface area contributed by atoms with Crippen LogP contribution in [0.25, 0.3) is 0 Å². The molecule has 0 fully saturated rings. The monoisotopic (exact) mass is 200 g/mol. The summed E-state index contributed by atoms with van der Waals surface area (Å²) in [6.07, 6.45) is -0.732. The molecule has 1 rings (SSSR count). The molecule has 78 valence electrons. The zero-order valence-electron chi connectivity index (χ0n) is 8.06. The van der Waals surface area contributed by atoms with E-state index in [4.69, 9.17) is 9.94 Å². The molecule has 0 bridgehead atoms. The van der Waals surface area contributed by atoms with Gasteiger partial charge in [0.05, 0.1) is 0 Å². The normalized spacial score (nSPS) is 19.9. The molecule has 0 saturated heterocycles. The number of amides is 1. The van der Waals surface area contributed by atoms with Gasteiger partial charge in [0.1, 0.15) is 0 Å². The third-order valence-electron chi connectivity index (χ3n) is 2.04. The van der Waals surface area contributed by atoms with E-state index in [1.54, 1.807) is 7.05 Å². The molecular weight excluding hydrogens is 188 g/mol. The van der Waals surface area contributed by atoms with E-state index >= 15 is 0 Å². The van der Waals surface area contributed by atoms with Crippen molar-refractivity contribution in [3.05, 3.63) is 0 Å². The fraction of sp³-hybridized carbons (Fsp3) is 0.625. The summed E-state index contributed by atoms with van der Waals surface area (Å²) >= 11 is 0. The third kappa shape index (κ3) is 2.01. The van der Waals surface area contributed by atoms with Crippen LogP contribution in [0.5, 0.6) is 0 Å². The van der Waals surface area contributed by atoms with Crippen molar-refractivity contribution in [2.45, 2.75) is 19.4 Å². The van der Waals surface area contributed by atoms with Crippen molar-refractivity contribution in [1.82, 2.24) is 4.90 Å². The van der Waals surface area contributed by atoms with E-state index < -0.39 is 12.1 Å². The highest BCUT2D eigenvalue weighted by Gasteiger charge is 2.32. The lowest BCUT2D eigenvalue weighted by Crippen LogP contribution is -2.36. The van der Waals surface area contributed by atoms with Crippen molar-refractivity contribution in [3.63, 3.8) is 0 Å². The Balaban J connectivity index is 2.54. The first-order valence-corrected chi connectivity index (χ1v) is 4.27. The molecule has 0 aromatic heterocycles. The van der Waals surface area contributed by atoms with Gasteiger partial charge in [-0.1, -0.05) is 5.16 Å². The second-order valence-corrected chi connectivity index (χ2v) is 2.99. The molecule has 1 heterocycles. The predicted molar refractivity (Wildman–Crippen MR) is 47.9 cm³/mol. The van der Waals surface area contributed by atoms with E-state index in [0.717, 1.165) is 0 Å². The zero-order chi connectivity index (χ0) is 10.7. The average Bonchev–Trinajstić information content (AvgIpc) is 2.64. The minimum absolute atomic E-state index is 0.0402. The highest BCUT2D eigenvalue weighted by Crippen LogP contribution is 2.12. The highest BCUT2D eigenvalue weighted by molar-refractivity contribution is 6.36. The molecule has 0 radical (unpaired) electrons. The number of oxime groups is 1. The van der Waals surface area contributed by atoms with E-state index in [1.807, 2.05) is 6.92 Å². The summed E-state index contributed by atoms with van der Waals surface area (Å²) < 4.78 is 0. The number of carboxylic acids is 1. The molecule has 0 aliphatic carbocycles. The van der Waals surface area contributed by atoms with Crippen molar-refractivity contribution >= 4 is 17.6 Å². The highest BCUT2D eigenvalue weighted by atomic mass is 16.6. The van der Waals surface area contributed by atoms with Crippen molar-refractivity contribution in [1.29, 1.82) is 0 Å². The van der Waals surface area contributed by atoms with E-state index in [1.165, 1.54) is 4.90 Å². The maximum Gasteiger partial charge on any atom is 0.353 e. The molecule has 6 nitrogen and oxygen atoms in total. The van der Waals surface area contributed by atoms with Crippen LogP contribution in [-0.2, 0) is 14.4 Å². The van der Waals surface area contributed by atoms with Crippen molar-refractivity contribution in [2.75, 3.05) is 13.6 Å². The van der Waals surface area contributed by atoms with E-state index in [2.05, 4.69) is 5.16 Å². The maximum atomic E-state index is 11.5. The molecule has 1 N–H and O–H groups in total. The first kappa shape index (κ1) is 10.5. The maximum absolute atomic E-state index is 11.5. The Hall–Kier alpha value is -1.59. The number of hydrogen-bond donors (Lipinski definition) is 1. The number of nitrogens with zero attached hydrogens (tertiary/aromatic N) is 2. The average molecular weight is 200 g/mol. The van der Waals surface area contributed by atoms with Crippen LogP contribution in [0.2, 0.25) is 0 Å². The Morgan fingerprint density at radius 3 is 2.79 bits per heavy atom. The summed E-state index contributed by atoms with van der Waals surface area (Å²) in [5, 5.41) is 11.9. The topological polar surface area (TPSA) is 79.2 Å². The van der Waals surface area contributed by atoms with Gasteiger partial charge >= 0.3 is 5.97 Å². The fourth-order valence-corrected chi connectivity index (χ4v) is 1.04. The molecule has 1 aliphatic heterocycles. The second-order valence-electron chi connectivity index (χ2n) is 2.99. The largest absolute Gasteiger partial charge is 0.477 e. The van der Waals surface area contributed by atoms with Gasteiger partial charge in [-0.25, -0.2) is 4.79 Å². The molecule has 0 aromatic rings. The molecule has 0 spiro atoms. The number of hydrogen-bond acceptors (Lipinski definition) is 4. The summed E-state index contributed by atoms with van der Waals surface area (Å²) in [5.41, 5.74) is -0.104. The first-order valence-electron chi connectivity index (χ1n) is 4.27. The van der Waals surface area contributed by atoms with Crippen LogP contribution >= 0.6 is 0 Å². The third-order valence-corrected chi connectivity index (χ3v) is 2.04. The summed E-state index contributed by atoms with van der Waals surface area (Å²) in [6.45, 7) is 2.38. The van der Waals surface area contributed by atoms with Crippen LogP contribution in [0.15, 0.2) is 5.16 Å². The second kappa shape index (κ2) is 4.08. The minimum Gasteiger partial charge on any atom is -0.477 e. The number of likely N-dealkylation sites (N-methyl/N-ethyl adjacent to an activating group) is 1. The molecule has 1 unspecified atom stereocenters. The van der Waals surface area contributed by atoms with Gasteiger partial charge < -0.3 is 14.8 Å². The van der Waals surface area contributed by atoms with Gasteiger partial charge in [-0.15, -0.1) is 0 Å². The van der Waals surface area contributed by atoms with Crippen LogP contribution in [0.4, 0.5) is 0 Å². The Kier molecular flexibility index (Phi) is 3.06. The molecule has 1 amide bonds. The lowest BCUT2D eigenvalue weighted by molar-refractivity contribution is -0.140. The Labute approximate surface area is 81.1 Å². The van der Waals surface area contributed by atoms with E-state index in [9.17, 15) is 9.59 Å². The van der Waals surface area contributed by atoms with Gasteiger partial charge in [0.25, 0.3) is 5.91 Å². The molecule has 0 saturated carbocycles. The lowest BCUT2D eigenvalue weighted by atomic mass is 10.1. The SMILES string of the molecule is CCN(C)C(=O)C1CC(C(=O)O)=NO1. The van der Waals surface area contributed by atoms with Gasteiger partial charge in [-0.3, -0.25) is 4.79 Å². The summed E-state index contributed by atoms with van der Waals surface area (Å²) in [5.74, 6) is -1.38. The molecule has 14 heavy (non-hydrogen) atoms. The van der Waals surface area contributed by atoms with Crippen LogP contribution in [-0.4, -0.2) is 47.3 Å². The van der Waals surface area contributed by atoms with Crippen LogP contribution in [0.3, 0.4) is 0 Å². The number of carbonyl (C=O) groups excluding carboxylic acids is 1. The van der Waals surface area contributed by atoms with Crippen LogP contribution in [0, 0.1) is 0 Å². The molecular formula is C8H12N2O4. The van der Waals surface area contributed by atoms with Crippen molar-refractivity contribution < 1.29 is 19.5 Å². The quantitative estimate of drug-likeness (QED) is 0.678. The van der Waals surface area contributed by atoms with Crippen molar-refractivity contribution in [2.24, 2.45) is 5.16 Å². The summed E-state index contributed by atoms with van der Waals surface area (Å²) in [7, 11) is 1.63. The number of carbonyl (C=O) groups is 2. The number of rotatable bonds is 3. The van der Waals surface area contributed by atoms with Gasteiger partial charge in [0.2, 0.25) is 6.10 Å². The Bertz CT molecular complexity index is 287. The van der Waals surface area contributed by atoms with Crippen LogP contribution in [0.1, 0.15) is 13.3 Å². The lowest BCUT2D eigenvalue weighted by Gasteiger charge is -2.17. The van der Waals surface area contributed by atoms with E-state index in [-0.39, 0.29) is 18.0 Å². The Morgan fingerprint density at radius 1 is 1.71 bits per heavy atom. The zero-order valence-corrected chi connectivity index (χ0v) is 8.06. The predicted octanol–water partition coefficient (Wildman–Crippen LogP) is -0.306. The van der Waals surface area contributed by atoms with Crippen LogP contribution < -0.4 is 0 Å². The Morgan fingerprint density at radius 2 is 2.36 bits per heavy atom. The van der Waals surface area contributed by atoms with Gasteiger partial charge in [-0.2, -0.15) is 0 Å². The molecule has 0 aromatic carbocycles. The standard InChI is InChI=1S/C8H12N2O4/c1-3-10(2)7(11)6-4-5(8(12)13)9-14-6/h6H,3-4H2,1-2H3,(H,12,13). The van der Waals surface area contributed by atoms with Gasteiger partial charge in [0.15, 0.2) is 5.71 Å².